The number of carboxylic acid groups (broad SMARTS) is 1. The highest BCUT2D eigenvalue weighted by molar-refractivity contribution is 5.78. The molecule has 0 bridgehead atoms. The number of unbranched alkanes of at least 4 members (excludes halogenated alkanes) is 2. The average Bonchev–Trinajstić information content (AvgIpc) is 2.56. The van der Waals surface area contributed by atoms with E-state index < -0.39 is 12.0 Å². The molecule has 0 saturated heterocycles. The molecule has 6 nitrogen and oxygen atoms in total. The highest BCUT2D eigenvalue weighted by Crippen LogP contribution is 2.24. The number of aliphatic hydroxyl groups excluding tert-OH is 1. The third kappa shape index (κ3) is 9.92. The number of aliphatic hydroxyl groups is 1. The van der Waals surface area contributed by atoms with Crippen molar-refractivity contribution >= 4 is 11.9 Å². The number of nitrogens with one attached hydrogen (secondary N) is 1. The van der Waals surface area contributed by atoms with Crippen LogP contribution in [0.4, 0.5) is 0 Å². The molecule has 0 saturated carbocycles. The van der Waals surface area contributed by atoms with Crippen LogP contribution in [0, 0.1) is 12.3 Å². The van der Waals surface area contributed by atoms with Crippen LogP contribution in [0.1, 0.15) is 58.8 Å². The summed E-state index contributed by atoms with van der Waals surface area (Å²) in [5.74, 6) is -1.45. The van der Waals surface area contributed by atoms with Crippen molar-refractivity contribution < 1.29 is 19.8 Å². The molecular formula is C19H33N2O4. The molecule has 3 atom stereocenters. The van der Waals surface area contributed by atoms with E-state index >= 15 is 0 Å². The Bertz CT molecular complexity index is 462. The maximum absolute atomic E-state index is 12.0. The van der Waals surface area contributed by atoms with E-state index in [1.165, 1.54) is 0 Å². The Morgan fingerprint density at radius 1 is 1.16 bits per heavy atom. The summed E-state index contributed by atoms with van der Waals surface area (Å²) in [7, 11) is 0. The lowest BCUT2D eigenvalue weighted by Crippen LogP contribution is -2.38. The van der Waals surface area contributed by atoms with Gasteiger partial charge in [0.15, 0.2) is 0 Å². The van der Waals surface area contributed by atoms with Crippen LogP contribution >= 0.6 is 0 Å². The minimum Gasteiger partial charge on any atom is -0.513 e. The molecule has 0 aromatic rings. The Kier molecular flexibility index (Phi) is 11.6. The fourth-order valence-electron chi connectivity index (χ4n) is 2.47. The zero-order valence-corrected chi connectivity index (χ0v) is 15.5. The minimum absolute atomic E-state index is 0.0455. The van der Waals surface area contributed by atoms with Crippen LogP contribution in [-0.2, 0) is 9.59 Å². The predicted molar refractivity (Wildman–Crippen MR) is 99.9 cm³/mol. The first-order valence-electron chi connectivity index (χ1n) is 8.92. The normalized spacial score (nSPS) is 14.4. The number of hydrogen-bond acceptors (Lipinski definition) is 4. The molecule has 0 rings (SSSR count). The van der Waals surface area contributed by atoms with Gasteiger partial charge in [0.2, 0.25) is 5.91 Å². The Morgan fingerprint density at radius 2 is 1.80 bits per heavy atom. The minimum atomic E-state index is -1.12. The largest absolute Gasteiger partial charge is 0.513 e. The molecule has 6 heteroatoms. The van der Waals surface area contributed by atoms with Crippen molar-refractivity contribution in [2.24, 2.45) is 11.7 Å². The molecule has 0 aromatic heterocycles. The number of nitrogens with two attached hydrogens (primary N) is 1. The maximum atomic E-state index is 12.0. The molecule has 0 aliphatic heterocycles. The quantitative estimate of drug-likeness (QED) is 0.283. The number of carbonyl (C=O) groups is 2. The molecular weight excluding hydrogens is 320 g/mol. The van der Waals surface area contributed by atoms with Crippen molar-refractivity contribution in [3.8, 4) is 0 Å². The summed E-state index contributed by atoms with van der Waals surface area (Å²) in [6.07, 6.45) is 6.59. The molecule has 0 aliphatic rings. The first-order valence-corrected chi connectivity index (χ1v) is 8.92. The van der Waals surface area contributed by atoms with Crippen molar-refractivity contribution in [2.45, 2.75) is 70.9 Å². The van der Waals surface area contributed by atoms with Gasteiger partial charge in [-0.25, -0.2) is 0 Å². The monoisotopic (exact) mass is 353 g/mol. The Labute approximate surface area is 151 Å². The predicted octanol–water partition coefficient (Wildman–Crippen LogP) is 3.10. The first-order chi connectivity index (χ1) is 11.7. The summed E-state index contributed by atoms with van der Waals surface area (Å²) in [6.45, 7) is 11.7. The van der Waals surface area contributed by atoms with Crippen molar-refractivity contribution in [1.82, 2.24) is 5.32 Å². The zero-order chi connectivity index (χ0) is 19.4. The molecule has 0 aromatic carbocycles. The molecule has 1 amide bonds. The van der Waals surface area contributed by atoms with Gasteiger partial charge in [0, 0.05) is 18.4 Å². The van der Waals surface area contributed by atoms with Crippen molar-refractivity contribution in [1.29, 1.82) is 0 Å². The van der Waals surface area contributed by atoms with E-state index in [2.05, 4.69) is 25.4 Å². The van der Waals surface area contributed by atoms with Gasteiger partial charge in [-0.15, -0.1) is 0 Å². The molecule has 0 fully saturated rings. The molecule has 0 heterocycles. The van der Waals surface area contributed by atoms with Crippen molar-refractivity contribution in [3.63, 3.8) is 0 Å². The van der Waals surface area contributed by atoms with Crippen molar-refractivity contribution in [3.05, 3.63) is 30.9 Å². The van der Waals surface area contributed by atoms with Gasteiger partial charge in [-0.05, 0) is 25.7 Å². The highest BCUT2D eigenvalue weighted by atomic mass is 16.4. The highest BCUT2D eigenvalue weighted by Gasteiger charge is 2.21. The van der Waals surface area contributed by atoms with Crippen LogP contribution in [0.2, 0.25) is 0 Å². The number of hydrogen-bond donors (Lipinski definition) is 4. The van der Waals surface area contributed by atoms with Gasteiger partial charge < -0.3 is 21.3 Å². The van der Waals surface area contributed by atoms with Crippen LogP contribution in [0.5, 0.6) is 0 Å². The summed E-state index contributed by atoms with van der Waals surface area (Å²) in [4.78, 5) is 22.7. The third-order valence-electron chi connectivity index (χ3n) is 4.15. The van der Waals surface area contributed by atoms with E-state index in [1.807, 2.05) is 13.3 Å². The van der Waals surface area contributed by atoms with Gasteiger partial charge >= 0.3 is 5.97 Å². The number of rotatable bonds is 14. The van der Waals surface area contributed by atoms with E-state index in [9.17, 15) is 14.7 Å². The molecule has 0 spiro atoms. The van der Waals surface area contributed by atoms with Gasteiger partial charge in [-0.1, -0.05) is 51.8 Å². The van der Waals surface area contributed by atoms with Crippen molar-refractivity contribution in [2.75, 3.05) is 0 Å². The van der Waals surface area contributed by atoms with E-state index in [-0.39, 0.29) is 36.5 Å². The number of carboxylic acids is 1. The molecule has 3 unspecified atom stereocenters. The van der Waals surface area contributed by atoms with Gasteiger partial charge in [0.1, 0.15) is 6.04 Å². The smallest absolute Gasteiger partial charge is 0.320 e. The van der Waals surface area contributed by atoms with Gasteiger partial charge in [0.25, 0.3) is 0 Å². The molecule has 25 heavy (non-hydrogen) atoms. The summed E-state index contributed by atoms with van der Waals surface area (Å²) in [5, 5.41) is 21.4. The lowest BCUT2D eigenvalue weighted by atomic mass is 9.89. The van der Waals surface area contributed by atoms with E-state index in [1.54, 1.807) is 0 Å². The topological polar surface area (TPSA) is 113 Å². The lowest BCUT2D eigenvalue weighted by Gasteiger charge is -2.23. The third-order valence-corrected chi connectivity index (χ3v) is 4.15. The molecule has 0 aliphatic carbocycles. The average molecular weight is 353 g/mol. The summed E-state index contributed by atoms with van der Waals surface area (Å²) >= 11 is 0. The summed E-state index contributed by atoms with van der Waals surface area (Å²) in [5.41, 5.74) is 6.12. The Balaban J connectivity index is 4.54. The molecule has 143 valence electrons. The number of carbonyl (C=O) groups excluding carboxylic acids is 1. The summed E-state index contributed by atoms with van der Waals surface area (Å²) in [6, 6.07) is -1.30. The standard InChI is InChI=1S/C19H33N2O4/c1-5-7-8-9-15(14(4)22)12-13(3)17(6-2)21-18(23)11-10-16(20)19(24)25/h12,15-17,22H,3-11,20H2,1-2H3,(H,21,23)(H,24,25). The van der Waals surface area contributed by atoms with Crippen LogP contribution < -0.4 is 11.1 Å². The number of allylic oxidation sites excluding steroid dienone is 1. The second-order valence-corrected chi connectivity index (χ2v) is 6.35. The van der Waals surface area contributed by atoms with E-state index in [4.69, 9.17) is 10.8 Å². The Hall–Kier alpha value is -1.82. The van der Waals surface area contributed by atoms with E-state index in [0.717, 1.165) is 31.3 Å². The van der Waals surface area contributed by atoms with Crippen LogP contribution in [0.15, 0.2) is 24.5 Å². The molecule has 1 radical (unpaired) electrons. The van der Waals surface area contributed by atoms with Gasteiger partial charge in [-0.2, -0.15) is 0 Å². The number of amides is 1. The molecule has 5 N–H and O–H groups in total. The SMILES string of the molecule is C=C(O)C([CH]C(=C)C(CC)NC(=O)CCC(N)C(=O)O)CCCCC. The van der Waals surface area contributed by atoms with Gasteiger partial charge in [-0.3, -0.25) is 9.59 Å². The maximum Gasteiger partial charge on any atom is 0.320 e. The second kappa shape index (κ2) is 12.5. The zero-order valence-electron chi connectivity index (χ0n) is 15.5. The first kappa shape index (κ1) is 23.2. The second-order valence-electron chi connectivity index (χ2n) is 6.35. The van der Waals surface area contributed by atoms with Crippen LogP contribution in [-0.4, -0.2) is 34.2 Å². The lowest BCUT2D eigenvalue weighted by molar-refractivity contribution is -0.138. The summed E-state index contributed by atoms with van der Waals surface area (Å²) < 4.78 is 0. The Morgan fingerprint density at radius 3 is 2.28 bits per heavy atom. The fourth-order valence-corrected chi connectivity index (χ4v) is 2.47. The van der Waals surface area contributed by atoms with Gasteiger partial charge in [0.05, 0.1) is 5.76 Å². The fraction of sp³-hybridized carbons (Fsp3) is 0.632. The van der Waals surface area contributed by atoms with E-state index in [0.29, 0.717) is 6.42 Å². The van der Waals surface area contributed by atoms with Crippen LogP contribution in [0.25, 0.3) is 0 Å². The van der Waals surface area contributed by atoms with Crippen LogP contribution in [0.3, 0.4) is 0 Å². The number of aliphatic carboxylic acids is 1.